The lowest BCUT2D eigenvalue weighted by Crippen LogP contribution is -2.17. The zero-order chi connectivity index (χ0) is 24.8. The summed E-state index contributed by atoms with van der Waals surface area (Å²) in [5.74, 6) is -4.76. The summed E-state index contributed by atoms with van der Waals surface area (Å²) in [7, 11) is 0. The summed E-state index contributed by atoms with van der Waals surface area (Å²) >= 11 is 24.6. The lowest BCUT2D eigenvalue weighted by Gasteiger charge is -2.10. The molecule has 34 heavy (non-hydrogen) atoms. The van der Waals surface area contributed by atoms with Gasteiger partial charge in [-0.3, -0.25) is 9.59 Å². The van der Waals surface area contributed by atoms with Crippen molar-refractivity contribution in [1.82, 2.24) is 0 Å². The molecule has 1 aliphatic rings. The molecule has 2 atom stereocenters. The summed E-state index contributed by atoms with van der Waals surface area (Å²) in [6.45, 7) is 0. The number of hydrogen-bond donors (Lipinski definition) is 1. The molecule has 0 saturated heterocycles. The fourth-order valence-corrected chi connectivity index (χ4v) is 4.98. The summed E-state index contributed by atoms with van der Waals surface area (Å²) in [6.07, 6.45) is -0.355. The number of nitrogens with one attached hydrogen (secondary N) is 1. The van der Waals surface area contributed by atoms with Crippen LogP contribution in [0.2, 0.25) is 10.0 Å². The van der Waals surface area contributed by atoms with Crippen LogP contribution in [0.4, 0.5) is 18.9 Å². The summed E-state index contributed by atoms with van der Waals surface area (Å²) < 4.78 is 39.1. The van der Waals surface area contributed by atoms with Gasteiger partial charge in [0.05, 0.1) is 16.0 Å². The molecule has 10 heteroatoms. The van der Waals surface area contributed by atoms with Crippen molar-refractivity contribution in [3.63, 3.8) is 0 Å². The predicted octanol–water partition coefficient (Wildman–Crippen LogP) is 7.36. The zero-order valence-corrected chi connectivity index (χ0v) is 20.0. The predicted molar refractivity (Wildman–Crippen MR) is 127 cm³/mol. The molecule has 4 rings (SSSR count). The number of anilines is 1. The van der Waals surface area contributed by atoms with Crippen molar-refractivity contribution in [2.45, 2.75) is 16.7 Å². The van der Waals surface area contributed by atoms with Gasteiger partial charge in [-0.2, -0.15) is 0 Å². The smallest absolute Gasteiger partial charge is 0.231 e. The summed E-state index contributed by atoms with van der Waals surface area (Å²) in [4.78, 5) is 25.6. The number of amides is 1. The first-order chi connectivity index (χ1) is 16.0. The second-order valence-corrected chi connectivity index (χ2v) is 10.1. The number of ketones is 1. The second kappa shape index (κ2) is 9.42. The van der Waals surface area contributed by atoms with Gasteiger partial charge in [0.2, 0.25) is 5.91 Å². The number of Topliss-reactive ketones (excluding diaryl/α,β-unsaturated/α-hetero) is 1. The van der Waals surface area contributed by atoms with Crippen molar-refractivity contribution < 1.29 is 22.8 Å². The molecule has 1 amide bonds. The van der Waals surface area contributed by atoms with E-state index in [4.69, 9.17) is 46.4 Å². The number of hydrogen-bond acceptors (Lipinski definition) is 2. The Morgan fingerprint density at radius 1 is 0.882 bits per heavy atom. The number of benzene rings is 3. The lowest BCUT2D eigenvalue weighted by molar-refractivity contribution is -0.117. The zero-order valence-electron chi connectivity index (χ0n) is 17.0. The molecule has 3 aromatic rings. The van der Waals surface area contributed by atoms with Crippen LogP contribution in [0.3, 0.4) is 0 Å². The van der Waals surface area contributed by atoms with Gasteiger partial charge in [-0.15, -0.1) is 23.2 Å². The lowest BCUT2D eigenvalue weighted by atomic mass is 10.0. The van der Waals surface area contributed by atoms with E-state index in [1.54, 1.807) is 0 Å². The highest BCUT2D eigenvalue weighted by molar-refractivity contribution is 6.53. The van der Waals surface area contributed by atoms with E-state index in [2.05, 4.69) is 5.32 Å². The molecule has 0 bridgehead atoms. The van der Waals surface area contributed by atoms with E-state index in [0.29, 0.717) is 11.6 Å². The molecule has 1 saturated carbocycles. The molecule has 3 aromatic carbocycles. The topological polar surface area (TPSA) is 46.2 Å². The molecule has 0 aromatic heterocycles. The molecule has 0 heterocycles. The standard InChI is InChI=1S/C24H14Cl4F3NO2/c25-16-5-4-14(10-15(16)20(33)8-11-1-3-13(29)9-19(11)31)32-23(34)22-21(24(22,27)28)12-2-6-18(30)17(26)7-12/h1-7,9-10,21-22H,8H2,(H,32,34)/t21-,22+/m1/s1. The van der Waals surface area contributed by atoms with Crippen LogP contribution in [-0.2, 0) is 11.2 Å². The maximum atomic E-state index is 13.9. The first kappa shape index (κ1) is 24.9. The van der Waals surface area contributed by atoms with Gasteiger partial charge in [-0.25, -0.2) is 13.2 Å². The van der Waals surface area contributed by atoms with Gasteiger partial charge in [0.25, 0.3) is 0 Å². The van der Waals surface area contributed by atoms with Gasteiger partial charge in [0.15, 0.2) is 5.78 Å². The fraction of sp³-hybridized carbons (Fsp3) is 0.167. The molecule has 1 N–H and O–H groups in total. The van der Waals surface area contributed by atoms with Gasteiger partial charge in [-0.05, 0) is 47.5 Å². The van der Waals surface area contributed by atoms with Gasteiger partial charge >= 0.3 is 0 Å². The number of carbonyl (C=O) groups is 2. The Kier molecular flexibility index (Phi) is 6.89. The van der Waals surface area contributed by atoms with E-state index >= 15 is 0 Å². The molecule has 1 fully saturated rings. The van der Waals surface area contributed by atoms with Crippen LogP contribution in [0.25, 0.3) is 0 Å². The fourth-order valence-electron chi connectivity index (χ4n) is 3.74. The van der Waals surface area contributed by atoms with E-state index in [1.807, 2.05) is 0 Å². The Labute approximate surface area is 212 Å². The first-order valence-electron chi connectivity index (χ1n) is 9.89. The molecule has 1 aliphatic carbocycles. The summed E-state index contributed by atoms with van der Waals surface area (Å²) in [5, 5.41) is 2.62. The molecule has 0 aliphatic heterocycles. The van der Waals surface area contributed by atoms with Gasteiger partial charge < -0.3 is 5.32 Å². The molecule has 0 spiro atoms. The SMILES string of the molecule is O=C(Cc1ccc(F)cc1F)c1cc(NC(=O)[C@@H]2[C@@H](c3ccc(F)c(Cl)c3)C2(Cl)Cl)ccc1Cl. The number of alkyl halides is 2. The third kappa shape index (κ3) is 4.91. The Hall–Kier alpha value is -2.25. The van der Waals surface area contributed by atoms with Crippen LogP contribution in [0.15, 0.2) is 54.6 Å². The maximum absolute atomic E-state index is 13.9. The molecular weight excluding hydrogens is 533 g/mol. The average molecular weight is 547 g/mol. The van der Waals surface area contributed by atoms with Crippen LogP contribution in [0, 0.1) is 23.4 Å². The third-order valence-corrected chi connectivity index (χ3v) is 7.10. The molecule has 3 nitrogen and oxygen atoms in total. The number of halogens is 7. The van der Waals surface area contributed by atoms with Gasteiger partial charge in [0, 0.05) is 29.7 Å². The highest BCUT2D eigenvalue weighted by Gasteiger charge is 2.67. The van der Waals surface area contributed by atoms with E-state index in [9.17, 15) is 22.8 Å². The van der Waals surface area contributed by atoms with Crippen molar-refractivity contribution in [1.29, 1.82) is 0 Å². The number of rotatable bonds is 6. The van der Waals surface area contributed by atoms with Crippen LogP contribution < -0.4 is 5.32 Å². The van der Waals surface area contributed by atoms with Crippen molar-refractivity contribution in [3.8, 4) is 0 Å². The maximum Gasteiger partial charge on any atom is 0.231 e. The van der Waals surface area contributed by atoms with Crippen LogP contribution in [0.5, 0.6) is 0 Å². The van der Waals surface area contributed by atoms with Crippen LogP contribution >= 0.6 is 46.4 Å². The minimum absolute atomic E-state index is 0.00440. The summed E-state index contributed by atoms with van der Waals surface area (Å²) in [5.41, 5.74) is 0.794. The Bertz CT molecular complexity index is 1320. The van der Waals surface area contributed by atoms with Crippen molar-refractivity contribution in [3.05, 3.63) is 98.8 Å². The summed E-state index contributed by atoms with van der Waals surface area (Å²) in [6, 6.07) is 11.1. The van der Waals surface area contributed by atoms with Crippen molar-refractivity contribution in [2.24, 2.45) is 5.92 Å². The molecule has 0 radical (unpaired) electrons. The average Bonchev–Trinajstić information content (AvgIpc) is 3.35. The normalized spacial score (nSPS) is 18.4. The molecular formula is C24H14Cl4F3NO2. The second-order valence-electron chi connectivity index (χ2n) is 7.82. The number of carbonyl (C=O) groups excluding carboxylic acids is 2. The van der Waals surface area contributed by atoms with Crippen molar-refractivity contribution >= 4 is 63.8 Å². The van der Waals surface area contributed by atoms with Crippen molar-refractivity contribution in [2.75, 3.05) is 5.32 Å². The van der Waals surface area contributed by atoms with Crippen LogP contribution in [0.1, 0.15) is 27.4 Å². The van der Waals surface area contributed by atoms with E-state index in [1.165, 1.54) is 36.4 Å². The minimum atomic E-state index is -1.43. The Morgan fingerprint density at radius 3 is 2.29 bits per heavy atom. The van der Waals surface area contributed by atoms with E-state index in [-0.39, 0.29) is 33.3 Å². The Balaban J connectivity index is 1.51. The largest absolute Gasteiger partial charge is 0.326 e. The van der Waals surface area contributed by atoms with E-state index in [0.717, 1.165) is 12.1 Å². The van der Waals surface area contributed by atoms with Gasteiger partial charge in [-0.1, -0.05) is 35.3 Å². The monoisotopic (exact) mass is 545 g/mol. The third-order valence-electron chi connectivity index (χ3n) is 5.54. The molecule has 176 valence electrons. The minimum Gasteiger partial charge on any atom is -0.326 e. The quantitative estimate of drug-likeness (QED) is 0.259. The first-order valence-corrected chi connectivity index (χ1v) is 11.4. The van der Waals surface area contributed by atoms with Gasteiger partial charge in [0.1, 0.15) is 21.8 Å². The molecule has 0 unspecified atom stereocenters. The highest BCUT2D eigenvalue weighted by Crippen LogP contribution is 2.65. The Morgan fingerprint density at radius 2 is 1.62 bits per heavy atom. The van der Waals surface area contributed by atoms with E-state index < -0.39 is 45.3 Å². The highest BCUT2D eigenvalue weighted by atomic mass is 35.5. The van der Waals surface area contributed by atoms with Crippen LogP contribution in [-0.4, -0.2) is 16.0 Å².